The van der Waals surface area contributed by atoms with Crippen molar-refractivity contribution in [2.75, 3.05) is 10.9 Å². The number of carbonyl (C=O) groups excluding carboxylic acids is 1. The van der Waals surface area contributed by atoms with Crippen molar-refractivity contribution in [1.29, 1.82) is 0 Å². The van der Waals surface area contributed by atoms with Crippen LogP contribution in [0.25, 0.3) is 0 Å². The van der Waals surface area contributed by atoms with Gasteiger partial charge in [0.05, 0.1) is 17.2 Å². The molecule has 0 spiro atoms. The molecule has 0 aliphatic carbocycles. The first kappa shape index (κ1) is 26.3. The highest BCUT2D eigenvalue weighted by Crippen LogP contribution is 2.29. The Kier molecular flexibility index (Phi) is 7.90. The zero-order valence-electron chi connectivity index (χ0n) is 21.1. The van der Waals surface area contributed by atoms with E-state index in [1.165, 1.54) is 12.1 Å². The number of amides is 1. The predicted octanol–water partition coefficient (Wildman–Crippen LogP) is 5.88. The Hall–Kier alpha value is -3.32. The van der Waals surface area contributed by atoms with Gasteiger partial charge in [0.1, 0.15) is 11.5 Å². The van der Waals surface area contributed by atoms with Crippen molar-refractivity contribution < 1.29 is 22.7 Å². The van der Waals surface area contributed by atoms with Crippen LogP contribution >= 0.6 is 0 Å². The van der Waals surface area contributed by atoms with Crippen LogP contribution in [0.2, 0.25) is 0 Å². The minimum Gasteiger partial charge on any atom is -0.494 e. The lowest BCUT2D eigenvalue weighted by molar-refractivity contribution is -0.123. The second-order valence-electron chi connectivity index (χ2n) is 9.38. The van der Waals surface area contributed by atoms with Gasteiger partial charge in [-0.05, 0) is 80.3 Å². The minimum absolute atomic E-state index is 0.0204. The van der Waals surface area contributed by atoms with Gasteiger partial charge in [0.25, 0.3) is 15.9 Å². The fourth-order valence-corrected chi connectivity index (χ4v) is 4.97. The van der Waals surface area contributed by atoms with E-state index in [9.17, 15) is 13.2 Å². The number of rotatable bonds is 8. The highest BCUT2D eigenvalue weighted by atomic mass is 32.2. The first-order valence-electron chi connectivity index (χ1n) is 11.6. The summed E-state index contributed by atoms with van der Waals surface area (Å²) in [5.41, 5.74) is 2.23. The van der Waals surface area contributed by atoms with Crippen molar-refractivity contribution in [3.05, 3.63) is 83.9 Å². The van der Waals surface area contributed by atoms with Crippen molar-refractivity contribution in [3.63, 3.8) is 0 Å². The summed E-state index contributed by atoms with van der Waals surface area (Å²) in [4.78, 5) is 13.6. The number of hydrogen-bond acceptors (Lipinski definition) is 5. The van der Waals surface area contributed by atoms with Crippen molar-refractivity contribution in [1.82, 2.24) is 0 Å². The van der Waals surface area contributed by atoms with Crippen molar-refractivity contribution >= 4 is 21.6 Å². The molecule has 1 atom stereocenters. The second-order valence-corrected chi connectivity index (χ2v) is 11.2. The van der Waals surface area contributed by atoms with Crippen LogP contribution in [-0.4, -0.2) is 27.0 Å². The molecule has 1 unspecified atom stereocenters. The van der Waals surface area contributed by atoms with E-state index in [-0.39, 0.29) is 16.0 Å². The predicted molar refractivity (Wildman–Crippen MR) is 139 cm³/mol. The van der Waals surface area contributed by atoms with Gasteiger partial charge in [0.15, 0.2) is 6.10 Å². The molecule has 0 bridgehead atoms. The highest BCUT2D eigenvalue weighted by molar-refractivity contribution is 7.93. The van der Waals surface area contributed by atoms with Gasteiger partial charge >= 0.3 is 0 Å². The van der Waals surface area contributed by atoms with Gasteiger partial charge in [-0.25, -0.2) is 8.42 Å². The Morgan fingerprint density at radius 1 is 0.886 bits per heavy atom. The third-order valence-electron chi connectivity index (χ3n) is 5.52. The monoisotopic (exact) mass is 495 g/mol. The number of nitrogens with zero attached hydrogens (tertiary/aromatic N) is 1. The van der Waals surface area contributed by atoms with Gasteiger partial charge in [-0.1, -0.05) is 50.6 Å². The molecule has 7 heteroatoms. The van der Waals surface area contributed by atoms with Crippen LogP contribution < -0.4 is 13.8 Å². The van der Waals surface area contributed by atoms with Gasteiger partial charge in [-0.15, -0.1) is 0 Å². The Morgan fingerprint density at radius 3 is 1.94 bits per heavy atom. The molecule has 0 saturated heterocycles. The summed E-state index contributed by atoms with van der Waals surface area (Å²) in [5, 5.41) is 0. The lowest BCUT2D eigenvalue weighted by atomic mass is 9.87. The van der Waals surface area contributed by atoms with E-state index in [4.69, 9.17) is 9.47 Å². The molecular weight excluding hydrogens is 462 g/mol. The SMILES string of the molecule is CCOc1ccc(N(C(=O)C(C)Oc2ccc(C(C)(C)C)cc2)S(=O)(=O)c2ccc(C)cc2)cc1. The summed E-state index contributed by atoms with van der Waals surface area (Å²) in [5.74, 6) is 0.368. The maximum absolute atomic E-state index is 13.6. The Morgan fingerprint density at radius 2 is 1.43 bits per heavy atom. The number of sulfonamides is 1. The molecule has 0 heterocycles. The fourth-order valence-electron chi connectivity index (χ4n) is 3.50. The van der Waals surface area contributed by atoms with E-state index in [0.29, 0.717) is 18.1 Å². The molecular formula is C28H33NO5S. The molecule has 0 radical (unpaired) electrons. The molecule has 0 aromatic heterocycles. The van der Waals surface area contributed by atoms with E-state index in [2.05, 4.69) is 20.8 Å². The Labute approximate surface area is 208 Å². The smallest absolute Gasteiger partial charge is 0.281 e. The Bertz CT molecular complexity index is 1240. The topological polar surface area (TPSA) is 72.9 Å². The average molecular weight is 496 g/mol. The number of carbonyl (C=O) groups is 1. The summed E-state index contributed by atoms with van der Waals surface area (Å²) in [7, 11) is -4.20. The van der Waals surface area contributed by atoms with Crippen molar-refractivity contribution in [2.45, 2.75) is 58.0 Å². The van der Waals surface area contributed by atoms with E-state index >= 15 is 0 Å². The number of hydrogen-bond donors (Lipinski definition) is 0. The zero-order valence-corrected chi connectivity index (χ0v) is 21.9. The third kappa shape index (κ3) is 6.22. The molecule has 3 aromatic carbocycles. The molecule has 0 fully saturated rings. The Balaban J connectivity index is 1.96. The maximum Gasteiger partial charge on any atom is 0.281 e. The van der Waals surface area contributed by atoms with Crippen molar-refractivity contribution in [3.8, 4) is 11.5 Å². The van der Waals surface area contributed by atoms with Gasteiger partial charge in [-0.2, -0.15) is 4.31 Å². The first-order chi connectivity index (χ1) is 16.4. The van der Waals surface area contributed by atoms with E-state index in [1.807, 2.05) is 26.0 Å². The summed E-state index contributed by atoms with van der Waals surface area (Å²) in [6.07, 6.45) is -1.05. The number of aryl methyl sites for hydroxylation is 1. The quantitative estimate of drug-likeness (QED) is 0.390. The van der Waals surface area contributed by atoms with Gasteiger partial charge in [0.2, 0.25) is 0 Å². The van der Waals surface area contributed by atoms with E-state index in [1.54, 1.807) is 55.5 Å². The average Bonchev–Trinajstić information content (AvgIpc) is 2.80. The molecule has 3 rings (SSSR count). The molecule has 0 N–H and O–H groups in total. The third-order valence-corrected chi connectivity index (χ3v) is 7.26. The molecule has 186 valence electrons. The van der Waals surface area contributed by atoms with Gasteiger partial charge < -0.3 is 9.47 Å². The summed E-state index contributed by atoms with van der Waals surface area (Å²) in [6.45, 7) is 12.1. The van der Waals surface area contributed by atoms with E-state index < -0.39 is 22.0 Å². The number of anilines is 1. The summed E-state index contributed by atoms with van der Waals surface area (Å²) in [6, 6.07) is 20.3. The largest absolute Gasteiger partial charge is 0.494 e. The summed E-state index contributed by atoms with van der Waals surface area (Å²) < 4.78 is 39.4. The number of benzene rings is 3. The zero-order chi connectivity index (χ0) is 25.8. The molecule has 6 nitrogen and oxygen atoms in total. The molecule has 3 aromatic rings. The number of ether oxygens (including phenoxy) is 2. The maximum atomic E-state index is 13.6. The van der Waals surface area contributed by atoms with Crippen LogP contribution in [0.15, 0.2) is 77.7 Å². The molecule has 0 aliphatic heterocycles. The van der Waals surface area contributed by atoms with Gasteiger partial charge in [0, 0.05) is 0 Å². The second kappa shape index (κ2) is 10.5. The summed E-state index contributed by atoms with van der Waals surface area (Å²) >= 11 is 0. The highest BCUT2D eigenvalue weighted by Gasteiger charge is 2.35. The van der Waals surface area contributed by atoms with Crippen molar-refractivity contribution in [2.24, 2.45) is 0 Å². The lowest BCUT2D eigenvalue weighted by Crippen LogP contribution is -2.44. The van der Waals surface area contributed by atoms with E-state index in [0.717, 1.165) is 15.4 Å². The normalized spacial score (nSPS) is 12.6. The van der Waals surface area contributed by atoms with Gasteiger partial charge in [-0.3, -0.25) is 4.79 Å². The van der Waals surface area contributed by atoms with Crippen LogP contribution in [-0.2, 0) is 20.2 Å². The van der Waals surface area contributed by atoms with Crippen LogP contribution in [0.1, 0.15) is 45.7 Å². The standard InChI is InChI=1S/C28H33NO5S/c1-7-33-24-16-12-23(13-17-24)29(35(31,32)26-18-8-20(2)9-19-26)27(30)21(3)34-25-14-10-22(11-15-25)28(4,5)6/h8-19,21H,7H2,1-6H3. The van der Waals surface area contributed by atoms with Crippen LogP contribution in [0.5, 0.6) is 11.5 Å². The minimum atomic E-state index is -4.20. The van der Waals surface area contributed by atoms with Crippen LogP contribution in [0.4, 0.5) is 5.69 Å². The lowest BCUT2D eigenvalue weighted by Gasteiger charge is -2.26. The molecule has 35 heavy (non-hydrogen) atoms. The first-order valence-corrected chi connectivity index (χ1v) is 13.0. The molecule has 1 amide bonds. The molecule has 0 aliphatic rings. The van der Waals surface area contributed by atoms with Crippen LogP contribution in [0.3, 0.4) is 0 Å². The van der Waals surface area contributed by atoms with Crippen LogP contribution in [0, 0.1) is 6.92 Å². The molecule has 0 saturated carbocycles. The fraction of sp³-hybridized carbons (Fsp3) is 0.321.